The summed E-state index contributed by atoms with van der Waals surface area (Å²) in [7, 11) is 3.47. The first kappa shape index (κ1) is 22.6. The molecule has 1 saturated carbocycles. The van der Waals surface area contributed by atoms with Crippen molar-refractivity contribution in [1.29, 1.82) is 0 Å². The van der Waals surface area contributed by atoms with E-state index in [2.05, 4.69) is 24.5 Å². The van der Waals surface area contributed by atoms with Crippen molar-refractivity contribution in [1.82, 2.24) is 10.2 Å². The number of ether oxygens (including phenoxy) is 2. The van der Waals surface area contributed by atoms with E-state index in [-0.39, 0.29) is 35.8 Å². The van der Waals surface area contributed by atoms with Crippen molar-refractivity contribution in [3.05, 3.63) is 23.8 Å². The molecule has 0 aromatic heterocycles. The highest BCUT2D eigenvalue weighted by molar-refractivity contribution is 5.98. The minimum atomic E-state index is -0.117. The van der Waals surface area contributed by atoms with E-state index >= 15 is 0 Å². The summed E-state index contributed by atoms with van der Waals surface area (Å²) in [6.07, 6.45) is 4.04. The number of carbonyl (C=O) groups excluding carboxylic acids is 2. The van der Waals surface area contributed by atoms with Crippen LogP contribution >= 0.6 is 0 Å². The minimum Gasteiger partial charge on any atom is -0.491 e. The van der Waals surface area contributed by atoms with Crippen LogP contribution in [0, 0.1) is 11.8 Å². The van der Waals surface area contributed by atoms with Gasteiger partial charge in [0.05, 0.1) is 11.7 Å². The molecule has 2 N–H and O–H groups in total. The van der Waals surface area contributed by atoms with E-state index in [0.29, 0.717) is 30.2 Å². The lowest BCUT2D eigenvalue weighted by Gasteiger charge is -2.30. The van der Waals surface area contributed by atoms with E-state index in [1.165, 1.54) is 0 Å². The molecule has 166 valence electrons. The number of benzene rings is 1. The van der Waals surface area contributed by atoms with Crippen molar-refractivity contribution in [3.63, 3.8) is 0 Å². The fourth-order valence-electron chi connectivity index (χ4n) is 4.17. The molecule has 0 spiro atoms. The molecule has 3 rings (SSSR count). The first-order chi connectivity index (χ1) is 14.4. The quantitative estimate of drug-likeness (QED) is 0.791. The zero-order valence-corrected chi connectivity index (χ0v) is 18.6. The van der Waals surface area contributed by atoms with E-state index in [1.54, 1.807) is 37.3 Å². The molecule has 1 heterocycles. The van der Waals surface area contributed by atoms with Gasteiger partial charge in [0.1, 0.15) is 12.4 Å². The second kappa shape index (κ2) is 10.3. The van der Waals surface area contributed by atoms with E-state index in [1.807, 2.05) is 0 Å². The van der Waals surface area contributed by atoms with Crippen LogP contribution in [-0.4, -0.2) is 62.7 Å². The number of hydrogen-bond donors (Lipinski definition) is 2. The standard InChI is InChI=1S/C23H35N3O4/c1-15-12-24-16(2)14-30-20-11-18(25-22(27)17-7-5-6-8-17)9-10-19(20)23(28)26(3)13-21(15)29-4/h9-11,15-17,21,24H,5-8,12-14H2,1-4H3,(H,25,27)/t15-,16+,21+/m1/s1. The van der Waals surface area contributed by atoms with Crippen LogP contribution in [-0.2, 0) is 9.53 Å². The van der Waals surface area contributed by atoms with Gasteiger partial charge < -0.3 is 25.0 Å². The van der Waals surface area contributed by atoms with Crippen LogP contribution in [0.15, 0.2) is 18.2 Å². The summed E-state index contributed by atoms with van der Waals surface area (Å²) in [6.45, 7) is 5.86. The summed E-state index contributed by atoms with van der Waals surface area (Å²) < 4.78 is 11.7. The molecule has 1 aliphatic carbocycles. The molecule has 1 aromatic rings. The van der Waals surface area contributed by atoms with Crippen LogP contribution in [0.3, 0.4) is 0 Å². The Morgan fingerprint density at radius 3 is 2.70 bits per heavy atom. The van der Waals surface area contributed by atoms with Gasteiger partial charge in [-0.1, -0.05) is 19.8 Å². The molecular formula is C23H35N3O4. The first-order valence-electron chi connectivity index (χ1n) is 11.0. The van der Waals surface area contributed by atoms with Crippen molar-refractivity contribution in [3.8, 4) is 5.75 Å². The molecule has 0 saturated heterocycles. The molecule has 30 heavy (non-hydrogen) atoms. The van der Waals surface area contributed by atoms with Crippen LogP contribution < -0.4 is 15.4 Å². The van der Waals surface area contributed by atoms with Gasteiger partial charge in [-0.05, 0) is 37.8 Å². The number of fused-ring (bicyclic) bond motifs is 1. The molecule has 7 heteroatoms. The largest absolute Gasteiger partial charge is 0.491 e. The lowest BCUT2D eigenvalue weighted by atomic mass is 10.0. The number of hydrogen-bond acceptors (Lipinski definition) is 5. The number of amides is 2. The molecule has 1 fully saturated rings. The molecule has 1 aromatic carbocycles. The Bertz CT molecular complexity index is 748. The van der Waals surface area contributed by atoms with Crippen molar-refractivity contribution >= 4 is 17.5 Å². The van der Waals surface area contributed by atoms with Gasteiger partial charge in [-0.25, -0.2) is 0 Å². The number of rotatable bonds is 3. The summed E-state index contributed by atoms with van der Waals surface area (Å²) in [5.41, 5.74) is 1.16. The number of nitrogens with zero attached hydrogens (tertiary/aromatic N) is 1. The van der Waals surface area contributed by atoms with Gasteiger partial charge in [0.2, 0.25) is 5.91 Å². The third kappa shape index (κ3) is 5.52. The Morgan fingerprint density at radius 2 is 2.00 bits per heavy atom. The average Bonchev–Trinajstić information content (AvgIpc) is 3.28. The Hall–Kier alpha value is -2.12. The second-order valence-electron chi connectivity index (χ2n) is 8.74. The summed E-state index contributed by atoms with van der Waals surface area (Å²) in [4.78, 5) is 27.3. The van der Waals surface area contributed by atoms with Crippen molar-refractivity contribution in [2.24, 2.45) is 11.8 Å². The van der Waals surface area contributed by atoms with Crippen LogP contribution in [0.4, 0.5) is 5.69 Å². The van der Waals surface area contributed by atoms with Crippen LogP contribution in [0.5, 0.6) is 5.75 Å². The lowest BCUT2D eigenvalue weighted by Crippen LogP contribution is -2.44. The predicted octanol–water partition coefficient (Wildman–Crippen LogP) is 2.91. The van der Waals surface area contributed by atoms with E-state index in [0.717, 1.165) is 32.2 Å². The van der Waals surface area contributed by atoms with Gasteiger partial charge in [-0.3, -0.25) is 9.59 Å². The molecular weight excluding hydrogens is 382 g/mol. The normalized spacial score (nSPS) is 26.3. The molecule has 0 unspecified atom stereocenters. The van der Waals surface area contributed by atoms with Gasteiger partial charge in [0.25, 0.3) is 5.91 Å². The van der Waals surface area contributed by atoms with E-state index < -0.39 is 0 Å². The van der Waals surface area contributed by atoms with Crippen LogP contribution in [0.2, 0.25) is 0 Å². The Balaban J connectivity index is 1.83. The fourth-order valence-corrected chi connectivity index (χ4v) is 4.17. The first-order valence-corrected chi connectivity index (χ1v) is 11.0. The predicted molar refractivity (Wildman–Crippen MR) is 117 cm³/mol. The van der Waals surface area contributed by atoms with Gasteiger partial charge in [-0.15, -0.1) is 0 Å². The van der Waals surface area contributed by atoms with Gasteiger partial charge in [0.15, 0.2) is 0 Å². The average molecular weight is 418 g/mol. The Labute approximate surface area is 179 Å². The number of anilines is 1. The summed E-state index contributed by atoms with van der Waals surface area (Å²) >= 11 is 0. The monoisotopic (exact) mass is 417 g/mol. The zero-order valence-electron chi connectivity index (χ0n) is 18.6. The van der Waals surface area contributed by atoms with Crippen LogP contribution in [0.25, 0.3) is 0 Å². The highest BCUT2D eigenvalue weighted by Crippen LogP contribution is 2.29. The maximum Gasteiger partial charge on any atom is 0.257 e. The maximum atomic E-state index is 13.1. The molecule has 7 nitrogen and oxygen atoms in total. The number of nitrogens with one attached hydrogen (secondary N) is 2. The summed E-state index contributed by atoms with van der Waals surface area (Å²) in [5, 5.41) is 6.48. The number of methoxy groups -OCH3 is 1. The minimum absolute atomic E-state index is 0.0519. The van der Waals surface area contributed by atoms with E-state index in [4.69, 9.17) is 9.47 Å². The highest BCUT2D eigenvalue weighted by atomic mass is 16.5. The van der Waals surface area contributed by atoms with Gasteiger partial charge in [0, 0.05) is 51.0 Å². The van der Waals surface area contributed by atoms with Gasteiger partial charge in [-0.2, -0.15) is 0 Å². The topological polar surface area (TPSA) is 79.9 Å². The summed E-state index contributed by atoms with van der Waals surface area (Å²) in [5.74, 6) is 0.758. The zero-order chi connectivity index (χ0) is 21.7. The molecule has 0 radical (unpaired) electrons. The Morgan fingerprint density at radius 1 is 1.27 bits per heavy atom. The Kier molecular flexibility index (Phi) is 7.72. The number of likely N-dealkylation sites (N-methyl/N-ethyl adjacent to an activating group) is 1. The third-order valence-corrected chi connectivity index (χ3v) is 6.22. The van der Waals surface area contributed by atoms with Crippen molar-refractivity contribution < 1.29 is 19.1 Å². The molecule has 0 bridgehead atoms. The third-order valence-electron chi connectivity index (χ3n) is 6.22. The molecule has 2 amide bonds. The fraction of sp³-hybridized carbons (Fsp3) is 0.652. The number of carbonyl (C=O) groups is 2. The maximum absolute atomic E-state index is 13.1. The molecule has 3 atom stereocenters. The van der Waals surface area contributed by atoms with Crippen LogP contribution in [0.1, 0.15) is 49.9 Å². The summed E-state index contributed by atoms with van der Waals surface area (Å²) in [6, 6.07) is 5.41. The lowest BCUT2D eigenvalue weighted by molar-refractivity contribution is -0.119. The molecule has 1 aliphatic heterocycles. The van der Waals surface area contributed by atoms with E-state index in [9.17, 15) is 9.59 Å². The van der Waals surface area contributed by atoms with Crippen molar-refractivity contribution in [2.75, 3.05) is 39.2 Å². The molecule has 2 aliphatic rings. The smallest absolute Gasteiger partial charge is 0.257 e. The van der Waals surface area contributed by atoms with Gasteiger partial charge >= 0.3 is 0 Å². The second-order valence-corrected chi connectivity index (χ2v) is 8.74. The SMILES string of the molecule is CO[C@H]1CN(C)C(=O)c2ccc(NC(=O)C3CCCC3)cc2OC[C@H](C)NC[C@H]1C. The highest BCUT2D eigenvalue weighted by Gasteiger charge is 2.26. The van der Waals surface area contributed by atoms with Crippen molar-refractivity contribution in [2.45, 2.75) is 51.7 Å².